The Balaban J connectivity index is 2.68. The van der Waals surface area contributed by atoms with Crippen LogP contribution in [0.5, 0.6) is 0 Å². The minimum absolute atomic E-state index is 0.0234. The number of halogens is 2. The largest absolute Gasteiger partial charge is 0.462 e. The van der Waals surface area contributed by atoms with Crippen molar-refractivity contribution in [3.05, 3.63) is 33.1 Å². The maximum absolute atomic E-state index is 13.2. The van der Waals surface area contributed by atoms with Crippen molar-refractivity contribution in [3.63, 3.8) is 0 Å². The molecular weight excluding hydrogens is 326 g/mol. The number of hydrogen-bond donors (Lipinski definition) is 0. The molecule has 0 spiro atoms. The van der Waals surface area contributed by atoms with Gasteiger partial charge in [-0.1, -0.05) is 6.04 Å². The van der Waals surface area contributed by atoms with Gasteiger partial charge in [0.15, 0.2) is 0 Å². The molecule has 15 heavy (non-hydrogen) atoms. The van der Waals surface area contributed by atoms with E-state index in [0.29, 0.717) is 6.61 Å². The van der Waals surface area contributed by atoms with Gasteiger partial charge in [-0.05, 0) is 47.2 Å². The summed E-state index contributed by atoms with van der Waals surface area (Å²) < 4.78 is 19.0. The van der Waals surface area contributed by atoms with Crippen molar-refractivity contribution in [1.82, 2.24) is 0 Å². The molecule has 5 heteroatoms. The van der Waals surface area contributed by atoms with Crippen LogP contribution in [0.1, 0.15) is 16.8 Å². The lowest BCUT2D eigenvalue weighted by molar-refractivity contribution is 0.0500. The van der Waals surface area contributed by atoms with Crippen molar-refractivity contribution in [2.75, 3.05) is 6.61 Å². The number of esters is 1. The highest BCUT2D eigenvalue weighted by Crippen LogP contribution is 2.13. The van der Waals surface area contributed by atoms with Gasteiger partial charge in [-0.25, -0.2) is 9.18 Å². The summed E-state index contributed by atoms with van der Waals surface area (Å²) in [5, 5.41) is 0. The van der Waals surface area contributed by atoms with Crippen LogP contribution in [0.4, 0.5) is 4.39 Å². The Kier molecular flexibility index (Phi) is 5.24. The summed E-state index contributed by atoms with van der Waals surface area (Å²) in [4.78, 5) is 11.4. The van der Waals surface area contributed by atoms with Crippen LogP contribution in [-0.2, 0) is 4.74 Å². The first-order valence-electron chi connectivity index (χ1n) is 4.77. The fraction of sp³-hybridized carbons (Fsp3) is 0.300. The summed E-state index contributed by atoms with van der Waals surface area (Å²) in [6, 6.07) is 5.48. The SMILES string of the molecule is O=C(OCCC[SiH3])c1cc(I)ccc1F. The predicted molar refractivity (Wildman–Crippen MR) is 68.8 cm³/mol. The molecule has 0 unspecified atom stereocenters. The molecule has 0 radical (unpaired) electrons. The smallest absolute Gasteiger partial charge is 0.341 e. The maximum Gasteiger partial charge on any atom is 0.341 e. The highest BCUT2D eigenvalue weighted by molar-refractivity contribution is 14.1. The van der Waals surface area contributed by atoms with Crippen LogP contribution in [0.15, 0.2) is 18.2 Å². The van der Waals surface area contributed by atoms with Crippen LogP contribution in [0.3, 0.4) is 0 Å². The minimum atomic E-state index is -0.568. The highest BCUT2D eigenvalue weighted by atomic mass is 127. The fourth-order valence-corrected chi connectivity index (χ4v) is 1.82. The lowest BCUT2D eigenvalue weighted by atomic mass is 10.2. The van der Waals surface area contributed by atoms with E-state index >= 15 is 0 Å². The summed E-state index contributed by atoms with van der Waals surface area (Å²) in [6.07, 6.45) is 0.865. The molecule has 0 amide bonds. The Hall–Kier alpha value is -0.433. The first-order chi connectivity index (χ1) is 7.15. The van der Waals surface area contributed by atoms with Crippen molar-refractivity contribution < 1.29 is 13.9 Å². The van der Waals surface area contributed by atoms with Crippen molar-refractivity contribution in [2.45, 2.75) is 12.5 Å². The van der Waals surface area contributed by atoms with Gasteiger partial charge < -0.3 is 4.74 Å². The summed E-state index contributed by atoms with van der Waals surface area (Å²) >= 11 is 2.03. The third-order valence-corrected chi connectivity index (χ3v) is 3.26. The molecule has 0 heterocycles. The summed E-state index contributed by atoms with van der Waals surface area (Å²) in [5.41, 5.74) is 0.0234. The molecule has 1 aromatic carbocycles. The van der Waals surface area contributed by atoms with Gasteiger partial charge in [0.2, 0.25) is 0 Å². The first kappa shape index (κ1) is 12.6. The topological polar surface area (TPSA) is 26.3 Å². The molecule has 2 nitrogen and oxygen atoms in total. The molecule has 1 rings (SSSR count). The Morgan fingerprint density at radius 3 is 2.93 bits per heavy atom. The van der Waals surface area contributed by atoms with E-state index in [1.54, 1.807) is 6.07 Å². The average molecular weight is 338 g/mol. The molecule has 0 aliphatic rings. The number of rotatable bonds is 4. The lowest BCUT2D eigenvalue weighted by Crippen LogP contribution is -2.08. The second-order valence-electron chi connectivity index (χ2n) is 3.11. The quantitative estimate of drug-likeness (QED) is 0.362. The number of benzene rings is 1. The predicted octanol–water partition coefficient (Wildman–Crippen LogP) is 1.76. The van der Waals surface area contributed by atoms with E-state index in [1.807, 2.05) is 22.6 Å². The second kappa shape index (κ2) is 6.22. The van der Waals surface area contributed by atoms with Crippen molar-refractivity contribution in [1.29, 1.82) is 0 Å². The van der Waals surface area contributed by atoms with E-state index < -0.39 is 11.8 Å². The zero-order valence-corrected chi connectivity index (χ0v) is 12.6. The molecule has 0 N–H and O–H groups in total. The highest BCUT2D eigenvalue weighted by Gasteiger charge is 2.12. The van der Waals surface area contributed by atoms with Crippen LogP contribution in [0, 0.1) is 9.39 Å². The molecule has 0 bridgehead atoms. The zero-order valence-electron chi connectivity index (χ0n) is 8.43. The second-order valence-corrected chi connectivity index (χ2v) is 5.36. The van der Waals surface area contributed by atoms with Gasteiger partial charge in [0.25, 0.3) is 0 Å². The summed E-state index contributed by atoms with van der Waals surface area (Å²) in [7, 11) is 1.10. The van der Waals surface area contributed by atoms with Gasteiger partial charge in [-0.3, -0.25) is 0 Å². The molecule has 82 valence electrons. The van der Waals surface area contributed by atoms with Gasteiger partial charge >= 0.3 is 5.97 Å². The number of ether oxygens (including phenoxy) is 1. The monoisotopic (exact) mass is 338 g/mol. The molecule has 0 aliphatic heterocycles. The Morgan fingerprint density at radius 1 is 1.53 bits per heavy atom. The zero-order chi connectivity index (χ0) is 11.3. The Morgan fingerprint density at radius 2 is 2.27 bits per heavy atom. The molecular formula is C10H12FIO2Si. The maximum atomic E-state index is 13.2. The third-order valence-electron chi connectivity index (χ3n) is 1.88. The van der Waals surface area contributed by atoms with E-state index in [4.69, 9.17) is 4.74 Å². The van der Waals surface area contributed by atoms with Crippen LogP contribution in [0.2, 0.25) is 6.04 Å². The molecule has 0 saturated carbocycles. The molecule has 0 fully saturated rings. The van der Waals surface area contributed by atoms with Gasteiger partial charge in [-0.15, -0.1) is 0 Å². The van der Waals surface area contributed by atoms with Crippen molar-refractivity contribution >= 4 is 38.8 Å². The van der Waals surface area contributed by atoms with E-state index in [-0.39, 0.29) is 5.56 Å². The van der Waals surface area contributed by atoms with E-state index in [9.17, 15) is 9.18 Å². The molecule has 0 aliphatic carbocycles. The van der Waals surface area contributed by atoms with Crippen LogP contribution in [-0.4, -0.2) is 22.8 Å². The summed E-state index contributed by atoms with van der Waals surface area (Å²) in [5.74, 6) is -1.09. The minimum Gasteiger partial charge on any atom is -0.462 e. The van der Waals surface area contributed by atoms with Crippen LogP contribution >= 0.6 is 22.6 Å². The van der Waals surface area contributed by atoms with Gasteiger partial charge in [0.05, 0.1) is 12.2 Å². The van der Waals surface area contributed by atoms with Crippen LogP contribution in [0.25, 0.3) is 0 Å². The summed E-state index contributed by atoms with van der Waals surface area (Å²) in [6.45, 7) is 0.382. The normalized spacial score (nSPS) is 10.3. The Bertz CT molecular complexity index is 357. The standard InChI is InChI=1S/C10H12FIO2Si/c11-9-3-2-7(12)6-8(9)10(13)14-4-1-5-15/h2-3,6H,1,4-5H2,15H3. The van der Waals surface area contributed by atoms with Gasteiger partial charge in [0, 0.05) is 13.8 Å². The van der Waals surface area contributed by atoms with E-state index in [2.05, 4.69) is 0 Å². The van der Waals surface area contributed by atoms with Crippen LogP contribution < -0.4 is 0 Å². The Labute approximate surface area is 105 Å². The lowest BCUT2D eigenvalue weighted by Gasteiger charge is -2.05. The van der Waals surface area contributed by atoms with Gasteiger partial charge in [0.1, 0.15) is 5.82 Å². The molecule has 0 aromatic heterocycles. The molecule has 1 aromatic rings. The molecule has 0 atom stereocenters. The van der Waals surface area contributed by atoms with Gasteiger partial charge in [-0.2, -0.15) is 0 Å². The number of carbonyl (C=O) groups is 1. The third kappa shape index (κ3) is 3.90. The first-order valence-corrected chi connectivity index (χ1v) is 7.26. The number of hydrogen-bond acceptors (Lipinski definition) is 2. The molecule has 0 saturated heterocycles. The average Bonchev–Trinajstić information content (AvgIpc) is 2.22. The van der Waals surface area contributed by atoms with Crippen molar-refractivity contribution in [2.24, 2.45) is 0 Å². The fourth-order valence-electron chi connectivity index (χ4n) is 1.04. The van der Waals surface area contributed by atoms with E-state index in [1.165, 1.54) is 12.1 Å². The number of carbonyl (C=O) groups excluding carboxylic acids is 1. The van der Waals surface area contributed by atoms with E-state index in [0.717, 1.165) is 26.3 Å². The van der Waals surface area contributed by atoms with Crippen molar-refractivity contribution in [3.8, 4) is 0 Å².